The van der Waals surface area contributed by atoms with Crippen molar-refractivity contribution >= 4 is 14.5 Å². The third-order valence-electron chi connectivity index (χ3n) is 6.77. The van der Waals surface area contributed by atoms with E-state index in [9.17, 15) is 9.18 Å². The highest BCUT2D eigenvalue weighted by atomic mass is 28.4. The molecule has 33 heavy (non-hydrogen) atoms. The second-order valence-electron chi connectivity index (χ2n) is 10.5. The number of ether oxygens (including phenoxy) is 2. The number of carbonyl (C=O) groups is 1. The summed E-state index contributed by atoms with van der Waals surface area (Å²) in [5.74, 6) is 0.0547. The summed E-state index contributed by atoms with van der Waals surface area (Å²) in [5.41, 5.74) is 4.11. The van der Waals surface area contributed by atoms with Gasteiger partial charge in [-0.05, 0) is 61.0 Å². The van der Waals surface area contributed by atoms with Crippen LogP contribution in [0.25, 0.3) is 11.1 Å². The summed E-state index contributed by atoms with van der Waals surface area (Å²) in [6, 6.07) is 6.28. The first-order valence-corrected chi connectivity index (χ1v) is 14.5. The number of methoxy groups -OCH3 is 1. The minimum atomic E-state index is -2.11. The molecule has 0 N–H and O–H groups in total. The first-order chi connectivity index (χ1) is 15.4. The topological polar surface area (TPSA) is 57.7 Å². The van der Waals surface area contributed by atoms with Crippen LogP contribution in [0.15, 0.2) is 24.3 Å². The lowest BCUT2D eigenvalue weighted by molar-refractivity contribution is 0.120. The SMILES string of the molecule is COC(=O)Oc1c(C(C)C)nc2c(c1-c1ccc(F)cc1)C(O[Si](C)(C)C(C)(C)C)CCC2. The van der Waals surface area contributed by atoms with Gasteiger partial charge in [0.25, 0.3) is 0 Å². The van der Waals surface area contributed by atoms with Gasteiger partial charge in [0, 0.05) is 16.8 Å². The van der Waals surface area contributed by atoms with Gasteiger partial charge in [-0.25, -0.2) is 9.18 Å². The maximum Gasteiger partial charge on any atom is 0.513 e. The molecule has 0 bridgehead atoms. The first kappa shape index (κ1) is 25.4. The van der Waals surface area contributed by atoms with Gasteiger partial charge in [0.1, 0.15) is 5.82 Å². The lowest BCUT2D eigenvalue weighted by atomic mass is 9.85. The summed E-state index contributed by atoms with van der Waals surface area (Å²) in [6.07, 6.45) is 1.66. The minimum absolute atomic E-state index is 0.0100. The van der Waals surface area contributed by atoms with Crippen molar-refractivity contribution < 1.29 is 23.1 Å². The van der Waals surface area contributed by atoms with Crippen LogP contribution in [0.4, 0.5) is 9.18 Å². The number of aryl methyl sites for hydroxylation is 1. The standard InChI is InChI=1S/C26H36FNO4Si/c1-16(2)23-24(31-25(29)30-6)21(17-12-14-18(27)15-13-17)22-19(28-23)10-9-11-20(22)32-33(7,8)26(3,4)5/h12-16,20H,9-11H2,1-8H3. The Morgan fingerprint density at radius 2 is 1.82 bits per heavy atom. The summed E-state index contributed by atoms with van der Waals surface area (Å²) in [4.78, 5) is 17.2. The molecule has 3 rings (SSSR count). The third-order valence-corrected chi connectivity index (χ3v) is 11.3. The number of benzene rings is 1. The van der Waals surface area contributed by atoms with Crippen molar-refractivity contribution in [2.45, 2.75) is 84.0 Å². The maximum atomic E-state index is 13.8. The van der Waals surface area contributed by atoms with Crippen LogP contribution >= 0.6 is 0 Å². The molecule has 1 aliphatic rings. The zero-order valence-electron chi connectivity index (χ0n) is 21.0. The van der Waals surface area contributed by atoms with Crippen molar-refractivity contribution in [1.29, 1.82) is 0 Å². The van der Waals surface area contributed by atoms with E-state index in [1.807, 2.05) is 13.8 Å². The second kappa shape index (κ2) is 9.55. The van der Waals surface area contributed by atoms with Gasteiger partial charge < -0.3 is 13.9 Å². The Morgan fingerprint density at radius 1 is 1.18 bits per heavy atom. The number of hydrogen-bond acceptors (Lipinski definition) is 5. The molecule has 0 aliphatic heterocycles. The van der Waals surface area contributed by atoms with E-state index < -0.39 is 14.5 Å². The van der Waals surface area contributed by atoms with Gasteiger partial charge in [-0.15, -0.1) is 0 Å². The van der Waals surface area contributed by atoms with Crippen LogP contribution in [-0.2, 0) is 15.6 Å². The predicted octanol–water partition coefficient (Wildman–Crippen LogP) is 7.56. The molecule has 5 nitrogen and oxygen atoms in total. The highest BCUT2D eigenvalue weighted by Crippen LogP contribution is 2.49. The molecule has 1 aromatic heterocycles. The highest BCUT2D eigenvalue weighted by Gasteiger charge is 2.42. The molecule has 1 aliphatic carbocycles. The van der Waals surface area contributed by atoms with Gasteiger partial charge in [-0.2, -0.15) is 0 Å². The Kier molecular flexibility index (Phi) is 7.34. The normalized spacial score (nSPS) is 16.5. The average Bonchev–Trinajstić information content (AvgIpc) is 2.73. The van der Waals surface area contributed by atoms with Crippen LogP contribution in [0.5, 0.6) is 5.75 Å². The fraction of sp³-hybridized carbons (Fsp3) is 0.538. The van der Waals surface area contributed by atoms with E-state index in [1.165, 1.54) is 19.2 Å². The molecule has 0 radical (unpaired) electrons. The van der Waals surface area contributed by atoms with Crippen LogP contribution in [-0.4, -0.2) is 26.6 Å². The van der Waals surface area contributed by atoms with E-state index in [2.05, 4.69) is 33.9 Å². The van der Waals surface area contributed by atoms with Crippen LogP contribution in [0.1, 0.15) is 76.4 Å². The highest BCUT2D eigenvalue weighted by molar-refractivity contribution is 6.74. The number of carbonyl (C=O) groups excluding carboxylic acids is 1. The van der Waals surface area contributed by atoms with Crippen molar-refractivity contribution in [3.05, 3.63) is 47.0 Å². The van der Waals surface area contributed by atoms with Crippen molar-refractivity contribution in [2.75, 3.05) is 7.11 Å². The lowest BCUT2D eigenvalue weighted by Gasteiger charge is -2.41. The molecule has 1 unspecified atom stereocenters. The fourth-order valence-electron chi connectivity index (χ4n) is 3.96. The summed E-state index contributed by atoms with van der Waals surface area (Å²) < 4.78 is 31.2. The molecular formula is C26H36FNO4Si. The van der Waals surface area contributed by atoms with Gasteiger partial charge in [-0.1, -0.05) is 46.8 Å². The zero-order valence-corrected chi connectivity index (χ0v) is 22.0. The monoisotopic (exact) mass is 473 g/mol. The third kappa shape index (κ3) is 5.30. The molecule has 0 saturated heterocycles. The van der Waals surface area contributed by atoms with E-state index in [1.54, 1.807) is 12.1 Å². The van der Waals surface area contributed by atoms with Crippen LogP contribution in [0, 0.1) is 5.82 Å². The number of hydrogen-bond donors (Lipinski definition) is 0. The number of nitrogens with zero attached hydrogens (tertiary/aromatic N) is 1. The van der Waals surface area contributed by atoms with E-state index >= 15 is 0 Å². The molecule has 1 heterocycles. The first-order valence-electron chi connectivity index (χ1n) is 11.6. The number of halogens is 1. The molecule has 7 heteroatoms. The minimum Gasteiger partial charge on any atom is -0.437 e. The lowest BCUT2D eigenvalue weighted by Crippen LogP contribution is -2.42. The number of aromatic nitrogens is 1. The molecule has 1 aromatic carbocycles. The van der Waals surface area contributed by atoms with Gasteiger partial charge in [0.15, 0.2) is 14.1 Å². The summed E-state index contributed by atoms with van der Waals surface area (Å²) >= 11 is 0. The number of pyridine rings is 1. The second-order valence-corrected chi connectivity index (χ2v) is 15.3. The van der Waals surface area contributed by atoms with Gasteiger partial charge >= 0.3 is 6.16 Å². The number of rotatable bonds is 5. The van der Waals surface area contributed by atoms with Crippen LogP contribution in [0.3, 0.4) is 0 Å². The quantitative estimate of drug-likeness (QED) is 0.331. The van der Waals surface area contributed by atoms with Crippen LogP contribution < -0.4 is 4.74 Å². The van der Waals surface area contributed by atoms with E-state index in [4.69, 9.17) is 18.9 Å². The van der Waals surface area contributed by atoms with Crippen molar-refractivity contribution in [1.82, 2.24) is 4.98 Å². The van der Waals surface area contributed by atoms with E-state index in [-0.39, 0.29) is 22.9 Å². The fourth-order valence-corrected chi connectivity index (χ4v) is 5.26. The molecule has 2 aromatic rings. The van der Waals surface area contributed by atoms with Gasteiger partial charge in [0.05, 0.1) is 18.9 Å². The predicted molar refractivity (Wildman–Crippen MR) is 131 cm³/mol. The molecule has 0 spiro atoms. The number of fused-ring (bicyclic) bond motifs is 1. The molecular weight excluding hydrogens is 437 g/mol. The summed E-state index contributed by atoms with van der Waals surface area (Å²) in [7, 11) is -0.824. The Balaban J connectivity index is 2.31. The van der Waals surface area contributed by atoms with Crippen molar-refractivity contribution in [2.24, 2.45) is 0 Å². The van der Waals surface area contributed by atoms with Crippen LogP contribution in [0.2, 0.25) is 18.1 Å². The molecule has 0 fully saturated rings. The molecule has 1 atom stereocenters. The van der Waals surface area contributed by atoms with Gasteiger partial charge in [0.2, 0.25) is 0 Å². The maximum absolute atomic E-state index is 13.8. The largest absolute Gasteiger partial charge is 0.513 e. The smallest absolute Gasteiger partial charge is 0.437 e. The zero-order chi connectivity index (χ0) is 24.6. The molecule has 0 saturated carbocycles. The Labute approximate surface area is 197 Å². The Bertz CT molecular complexity index is 1010. The summed E-state index contributed by atoms with van der Waals surface area (Å²) in [6.45, 7) is 15.2. The van der Waals surface area contributed by atoms with E-state index in [0.29, 0.717) is 11.4 Å². The Morgan fingerprint density at radius 3 is 2.36 bits per heavy atom. The summed E-state index contributed by atoms with van der Waals surface area (Å²) in [5, 5.41) is 0.0390. The van der Waals surface area contributed by atoms with Gasteiger partial charge in [-0.3, -0.25) is 4.98 Å². The van der Waals surface area contributed by atoms with Crippen molar-refractivity contribution in [3.63, 3.8) is 0 Å². The average molecular weight is 474 g/mol. The molecule has 0 amide bonds. The molecule has 180 valence electrons. The Hall–Kier alpha value is -2.25. The van der Waals surface area contributed by atoms with Crippen molar-refractivity contribution in [3.8, 4) is 16.9 Å². The van der Waals surface area contributed by atoms with E-state index in [0.717, 1.165) is 41.6 Å².